The van der Waals surface area contributed by atoms with Gasteiger partial charge >= 0.3 is 0 Å². The second kappa shape index (κ2) is 8.73. The zero-order valence-corrected chi connectivity index (χ0v) is 18.5. The largest absolute Gasteiger partial charge is 0.497 e. The number of nitrogens with zero attached hydrogens (tertiary/aromatic N) is 2. The number of amides is 1. The average Bonchev–Trinajstić information content (AvgIpc) is 3.13. The fraction of sp³-hybridized carbons (Fsp3) is 0.320. The first-order valence-corrected chi connectivity index (χ1v) is 11.5. The van der Waals surface area contributed by atoms with Crippen molar-refractivity contribution in [3.05, 3.63) is 70.6 Å². The molecule has 3 heterocycles. The Kier molecular flexibility index (Phi) is 5.66. The fourth-order valence-corrected chi connectivity index (χ4v) is 5.45. The quantitative estimate of drug-likeness (QED) is 0.599. The molecular weight excluding hydrogens is 408 g/mol. The number of carbonyl (C=O) groups is 1. The molecule has 0 spiro atoms. The summed E-state index contributed by atoms with van der Waals surface area (Å²) in [7, 11) is 1.69. The van der Waals surface area contributed by atoms with Crippen LogP contribution >= 0.6 is 11.3 Å². The Balaban J connectivity index is 1.25. The molecule has 0 bridgehead atoms. The molecule has 0 saturated carbocycles. The minimum atomic E-state index is 0.142. The third-order valence-corrected chi connectivity index (χ3v) is 7.17. The van der Waals surface area contributed by atoms with E-state index in [-0.39, 0.29) is 5.91 Å². The van der Waals surface area contributed by atoms with Gasteiger partial charge in [0.25, 0.3) is 5.91 Å². The van der Waals surface area contributed by atoms with Gasteiger partial charge in [-0.3, -0.25) is 9.69 Å². The van der Waals surface area contributed by atoms with Gasteiger partial charge in [0.05, 0.1) is 12.0 Å². The Bertz CT molecular complexity index is 1080. The first kappa shape index (κ1) is 20.1. The van der Waals surface area contributed by atoms with E-state index in [0.717, 1.165) is 66.6 Å². The average molecular weight is 435 g/mol. The lowest BCUT2D eigenvalue weighted by atomic mass is 10.1. The van der Waals surface area contributed by atoms with Crippen LogP contribution in [0.1, 0.15) is 27.2 Å². The van der Waals surface area contributed by atoms with Crippen LogP contribution in [-0.4, -0.2) is 49.0 Å². The van der Waals surface area contributed by atoms with Crippen molar-refractivity contribution in [2.24, 2.45) is 0 Å². The number of hydrogen-bond donors (Lipinski definition) is 0. The maximum absolute atomic E-state index is 13.3. The predicted octanol–water partition coefficient (Wildman–Crippen LogP) is 4.66. The standard InChI is InChI=1S/C25H26N2O3S/c1-29-20-9-7-18(8-10-20)16-26-11-4-12-27(14-13-26)25(28)23-15-19-17-30-22-6-3-2-5-21(22)24(19)31-23/h2-3,5-10,15H,4,11-14,16-17H2,1H3. The number of rotatable bonds is 4. The van der Waals surface area contributed by atoms with Crippen LogP contribution in [0.3, 0.4) is 0 Å². The minimum absolute atomic E-state index is 0.142. The van der Waals surface area contributed by atoms with Crippen LogP contribution in [0.2, 0.25) is 0 Å². The van der Waals surface area contributed by atoms with Crippen LogP contribution in [0.25, 0.3) is 10.4 Å². The summed E-state index contributed by atoms with van der Waals surface area (Å²) >= 11 is 1.60. The predicted molar refractivity (Wildman–Crippen MR) is 123 cm³/mol. The highest BCUT2D eigenvalue weighted by atomic mass is 32.1. The third-order valence-electron chi connectivity index (χ3n) is 5.98. The van der Waals surface area contributed by atoms with Gasteiger partial charge in [-0.25, -0.2) is 0 Å². The number of thiophene rings is 1. The third kappa shape index (κ3) is 4.18. The molecule has 5 rings (SSSR count). The van der Waals surface area contributed by atoms with E-state index in [4.69, 9.17) is 9.47 Å². The molecule has 2 aromatic carbocycles. The van der Waals surface area contributed by atoms with E-state index in [1.54, 1.807) is 18.4 Å². The zero-order valence-electron chi connectivity index (χ0n) is 17.7. The van der Waals surface area contributed by atoms with Crippen molar-refractivity contribution in [1.82, 2.24) is 9.80 Å². The Morgan fingerprint density at radius 3 is 2.74 bits per heavy atom. The van der Waals surface area contributed by atoms with Crippen molar-refractivity contribution >= 4 is 17.2 Å². The van der Waals surface area contributed by atoms with E-state index in [1.165, 1.54) is 10.4 Å². The normalized spacial score (nSPS) is 16.1. The molecule has 2 aliphatic rings. The number of carbonyl (C=O) groups excluding carboxylic acids is 1. The van der Waals surface area contributed by atoms with E-state index in [9.17, 15) is 4.79 Å². The number of hydrogen-bond acceptors (Lipinski definition) is 5. The summed E-state index contributed by atoms with van der Waals surface area (Å²) in [5.41, 5.74) is 3.47. The molecule has 1 saturated heterocycles. The highest BCUT2D eigenvalue weighted by molar-refractivity contribution is 7.17. The molecule has 2 aliphatic heterocycles. The van der Waals surface area contributed by atoms with Crippen molar-refractivity contribution in [1.29, 1.82) is 0 Å². The number of para-hydroxylation sites is 1. The van der Waals surface area contributed by atoms with Crippen LogP contribution in [0.4, 0.5) is 0 Å². The van der Waals surface area contributed by atoms with Gasteiger partial charge in [0.15, 0.2) is 0 Å². The lowest BCUT2D eigenvalue weighted by molar-refractivity contribution is 0.0766. The van der Waals surface area contributed by atoms with Crippen LogP contribution in [-0.2, 0) is 13.2 Å². The topological polar surface area (TPSA) is 42.0 Å². The van der Waals surface area contributed by atoms with Gasteiger partial charge in [-0.2, -0.15) is 0 Å². The number of methoxy groups -OCH3 is 1. The fourth-order valence-electron chi connectivity index (χ4n) is 4.28. The molecule has 0 N–H and O–H groups in total. The van der Waals surface area contributed by atoms with Crippen LogP contribution in [0.5, 0.6) is 11.5 Å². The lowest BCUT2D eigenvalue weighted by Gasteiger charge is -2.21. The monoisotopic (exact) mass is 434 g/mol. The van der Waals surface area contributed by atoms with Gasteiger partial charge in [0.2, 0.25) is 0 Å². The molecule has 5 nitrogen and oxygen atoms in total. The van der Waals surface area contributed by atoms with E-state index in [2.05, 4.69) is 23.1 Å². The van der Waals surface area contributed by atoms with Crippen molar-refractivity contribution in [2.45, 2.75) is 19.6 Å². The highest BCUT2D eigenvalue weighted by Crippen LogP contribution is 2.42. The molecule has 1 amide bonds. The maximum atomic E-state index is 13.3. The van der Waals surface area contributed by atoms with Gasteiger partial charge in [-0.15, -0.1) is 11.3 Å². The first-order valence-electron chi connectivity index (χ1n) is 10.7. The molecule has 1 aromatic heterocycles. The highest BCUT2D eigenvalue weighted by Gasteiger charge is 2.26. The Hall–Kier alpha value is -2.83. The second-order valence-corrected chi connectivity index (χ2v) is 9.07. The minimum Gasteiger partial charge on any atom is -0.497 e. The van der Waals surface area contributed by atoms with Crippen LogP contribution in [0.15, 0.2) is 54.6 Å². The maximum Gasteiger partial charge on any atom is 0.263 e. The van der Waals surface area contributed by atoms with Crippen molar-refractivity contribution in [2.75, 3.05) is 33.3 Å². The van der Waals surface area contributed by atoms with Gasteiger partial charge in [0, 0.05) is 48.7 Å². The van der Waals surface area contributed by atoms with E-state index in [1.807, 2.05) is 41.3 Å². The number of ether oxygens (including phenoxy) is 2. The molecule has 31 heavy (non-hydrogen) atoms. The second-order valence-electron chi connectivity index (χ2n) is 8.02. The van der Waals surface area contributed by atoms with Gasteiger partial charge in [-0.1, -0.05) is 24.3 Å². The van der Waals surface area contributed by atoms with E-state index < -0.39 is 0 Å². The summed E-state index contributed by atoms with van der Waals surface area (Å²) in [6.45, 7) is 4.87. The Morgan fingerprint density at radius 1 is 1.06 bits per heavy atom. The summed E-state index contributed by atoms with van der Waals surface area (Å²) in [4.78, 5) is 19.7. The number of fused-ring (bicyclic) bond motifs is 3. The van der Waals surface area contributed by atoms with E-state index in [0.29, 0.717) is 6.61 Å². The van der Waals surface area contributed by atoms with Gasteiger partial charge < -0.3 is 14.4 Å². The molecule has 3 aromatic rings. The molecule has 0 radical (unpaired) electrons. The molecule has 0 atom stereocenters. The summed E-state index contributed by atoms with van der Waals surface area (Å²) in [5.74, 6) is 1.92. The molecule has 160 valence electrons. The Morgan fingerprint density at radius 2 is 1.90 bits per heavy atom. The lowest BCUT2D eigenvalue weighted by Crippen LogP contribution is -2.34. The molecule has 0 unspecified atom stereocenters. The van der Waals surface area contributed by atoms with Crippen LogP contribution < -0.4 is 9.47 Å². The smallest absolute Gasteiger partial charge is 0.263 e. The molecule has 6 heteroatoms. The SMILES string of the molecule is COc1ccc(CN2CCCN(C(=O)c3cc4c(s3)-c3ccccc3OC4)CC2)cc1. The van der Waals surface area contributed by atoms with Crippen molar-refractivity contribution in [3.63, 3.8) is 0 Å². The van der Waals surface area contributed by atoms with Crippen molar-refractivity contribution < 1.29 is 14.3 Å². The van der Waals surface area contributed by atoms with Crippen molar-refractivity contribution in [3.8, 4) is 21.9 Å². The first-order chi connectivity index (χ1) is 15.2. The summed E-state index contributed by atoms with van der Waals surface area (Å²) < 4.78 is 11.1. The number of benzene rings is 2. The molecular formula is C25H26N2O3S. The van der Waals surface area contributed by atoms with Crippen LogP contribution in [0, 0.1) is 0 Å². The zero-order chi connectivity index (χ0) is 21.2. The molecule has 0 aliphatic carbocycles. The Labute approximate surface area is 186 Å². The van der Waals surface area contributed by atoms with Gasteiger partial charge in [-0.05, 0) is 42.3 Å². The summed E-state index contributed by atoms with van der Waals surface area (Å²) in [6, 6.07) is 18.3. The summed E-state index contributed by atoms with van der Waals surface area (Å²) in [5, 5.41) is 0. The summed E-state index contributed by atoms with van der Waals surface area (Å²) in [6.07, 6.45) is 0.985. The van der Waals surface area contributed by atoms with E-state index >= 15 is 0 Å². The van der Waals surface area contributed by atoms with Gasteiger partial charge in [0.1, 0.15) is 18.1 Å². The molecule has 1 fully saturated rings.